The fraction of sp³-hybridized carbons (Fsp3) is 0.909. The minimum atomic E-state index is -0.521. The summed E-state index contributed by atoms with van der Waals surface area (Å²) in [6.07, 6.45) is 0.553. The lowest BCUT2D eigenvalue weighted by molar-refractivity contribution is -0.118. The predicted octanol–water partition coefficient (Wildman–Crippen LogP) is 0.0175. The Morgan fingerprint density at radius 3 is 2.62 bits per heavy atom. The van der Waals surface area contributed by atoms with E-state index in [1.165, 1.54) is 0 Å². The van der Waals surface area contributed by atoms with E-state index < -0.39 is 6.10 Å². The summed E-state index contributed by atoms with van der Waals surface area (Å²) < 4.78 is 5.42. The van der Waals surface area contributed by atoms with Crippen molar-refractivity contribution >= 4 is 5.91 Å². The highest BCUT2D eigenvalue weighted by Crippen LogP contribution is 2.06. The first kappa shape index (κ1) is 15.3. The van der Waals surface area contributed by atoms with Crippen LogP contribution in [0.2, 0.25) is 0 Å². The SMILES string of the molecule is CC(C)(C)OCC(O)CNCCCC(N)=O. The number of rotatable bonds is 8. The molecule has 1 amide bonds. The third-order valence-electron chi connectivity index (χ3n) is 1.87. The molecule has 0 rings (SSSR count). The van der Waals surface area contributed by atoms with Gasteiger partial charge in [-0.3, -0.25) is 4.79 Å². The van der Waals surface area contributed by atoms with Crippen molar-refractivity contribution in [2.75, 3.05) is 19.7 Å². The van der Waals surface area contributed by atoms with Gasteiger partial charge < -0.3 is 20.9 Å². The van der Waals surface area contributed by atoms with Crippen molar-refractivity contribution in [3.63, 3.8) is 0 Å². The third kappa shape index (κ3) is 11.4. The van der Waals surface area contributed by atoms with Gasteiger partial charge in [0.1, 0.15) is 0 Å². The van der Waals surface area contributed by atoms with E-state index in [-0.39, 0.29) is 11.5 Å². The second-order valence-electron chi connectivity index (χ2n) is 4.85. The number of carbonyl (C=O) groups is 1. The molecule has 0 radical (unpaired) electrons. The predicted molar refractivity (Wildman–Crippen MR) is 63.0 cm³/mol. The quantitative estimate of drug-likeness (QED) is 0.515. The van der Waals surface area contributed by atoms with Gasteiger partial charge in [-0.05, 0) is 33.7 Å². The van der Waals surface area contributed by atoms with E-state index in [1.807, 2.05) is 20.8 Å². The van der Waals surface area contributed by atoms with Crippen molar-refractivity contribution in [1.29, 1.82) is 0 Å². The van der Waals surface area contributed by atoms with Gasteiger partial charge in [-0.1, -0.05) is 0 Å². The number of hydrogen-bond acceptors (Lipinski definition) is 4. The van der Waals surface area contributed by atoms with Crippen LogP contribution >= 0.6 is 0 Å². The Morgan fingerprint density at radius 1 is 1.50 bits per heavy atom. The second-order valence-corrected chi connectivity index (χ2v) is 4.85. The number of nitrogens with one attached hydrogen (secondary N) is 1. The molecule has 0 aliphatic heterocycles. The van der Waals surface area contributed by atoms with E-state index in [2.05, 4.69) is 5.32 Å². The van der Waals surface area contributed by atoms with Crippen LogP contribution in [0.15, 0.2) is 0 Å². The zero-order valence-corrected chi connectivity index (χ0v) is 10.5. The highest BCUT2D eigenvalue weighted by Gasteiger charge is 2.13. The van der Waals surface area contributed by atoms with E-state index in [9.17, 15) is 9.90 Å². The summed E-state index contributed by atoms with van der Waals surface area (Å²) in [5, 5.41) is 12.6. The number of nitrogens with two attached hydrogens (primary N) is 1. The van der Waals surface area contributed by atoms with Crippen LogP contribution in [0, 0.1) is 0 Å². The normalized spacial score (nSPS) is 13.8. The third-order valence-corrected chi connectivity index (χ3v) is 1.87. The minimum absolute atomic E-state index is 0.229. The first-order valence-electron chi connectivity index (χ1n) is 5.62. The molecule has 1 unspecified atom stereocenters. The summed E-state index contributed by atoms with van der Waals surface area (Å²) in [5.41, 5.74) is 4.76. The van der Waals surface area contributed by atoms with Gasteiger partial charge in [-0.25, -0.2) is 0 Å². The van der Waals surface area contributed by atoms with Crippen molar-refractivity contribution < 1.29 is 14.6 Å². The monoisotopic (exact) mass is 232 g/mol. The zero-order chi connectivity index (χ0) is 12.6. The van der Waals surface area contributed by atoms with Gasteiger partial charge >= 0.3 is 0 Å². The van der Waals surface area contributed by atoms with Crippen molar-refractivity contribution in [3.05, 3.63) is 0 Å². The van der Waals surface area contributed by atoms with Crippen LogP contribution in [0.5, 0.6) is 0 Å². The Kier molecular flexibility index (Phi) is 7.29. The summed E-state index contributed by atoms with van der Waals surface area (Å²) >= 11 is 0. The zero-order valence-electron chi connectivity index (χ0n) is 10.5. The fourth-order valence-electron chi connectivity index (χ4n) is 1.06. The molecule has 0 heterocycles. The van der Waals surface area contributed by atoms with Crippen molar-refractivity contribution in [1.82, 2.24) is 5.32 Å². The van der Waals surface area contributed by atoms with E-state index in [0.29, 0.717) is 32.5 Å². The molecule has 0 fully saturated rings. The number of amides is 1. The number of ether oxygens (including phenoxy) is 1. The lowest BCUT2D eigenvalue weighted by Gasteiger charge is -2.22. The van der Waals surface area contributed by atoms with Crippen molar-refractivity contribution in [3.8, 4) is 0 Å². The van der Waals surface area contributed by atoms with Gasteiger partial charge in [0.25, 0.3) is 0 Å². The van der Waals surface area contributed by atoms with Crippen molar-refractivity contribution in [2.45, 2.75) is 45.3 Å². The van der Waals surface area contributed by atoms with Gasteiger partial charge in [0.05, 0.1) is 18.3 Å². The largest absolute Gasteiger partial charge is 0.389 e. The van der Waals surface area contributed by atoms with Gasteiger partial charge in [0, 0.05) is 13.0 Å². The Bertz CT molecular complexity index is 202. The summed E-state index contributed by atoms with van der Waals surface area (Å²) in [6.45, 7) is 7.29. The molecule has 5 nitrogen and oxygen atoms in total. The number of aliphatic hydroxyl groups is 1. The van der Waals surface area contributed by atoms with Gasteiger partial charge in [-0.15, -0.1) is 0 Å². The Morgan fingerprint density at radius 2 is 2.12 bits per heavy atom. The van der Waals surface area contributed by atoms with E-state index in [4.69, 9.17) is 10.5 Å². The lowest BCUT2D eigenvalue weighted by Crippen LogP contribution is -2.34. The number of aliphatic hydroxyl groups excluding tert-OH is 1. The van der Waals surface area contributed by atoms with E-state index in [0.717, 1.165) is 0 Å². The first-order chi connectivity index (χ1) is 7.31. The molecule has 1 atom stereocenters. The molecule has 0 aliphatic carbocycles. The molecule has 0 saturated heterocycles. The molecule has 0 aliphatic rings. The Balaban J connectivity index is 3.37. The Hall–Kier alpha value is -0.650. The molecule has 5 heteroatoms. The summed E-state index contributed by atoms with van der Waals surface area (Å²) in [6, 6.07) is 0. The Labute approximate surface area is 97.3 Å². The molecule has 0 aromatic heterocycles. The van der Waals surface area contributed by atoms with Crippen LogP contribution in [-0.2, 0) is 9.53 Å². The highest BCUT2D eigenvalue weighted by atomic mass is 16.5. The van der Waals surface area contributed by atoms with Gasteiger partial charge in [-0.2, -0.15) is 0 Å². The second kappa shape index (κ2) is 7.60. The van der Waals surface area contributed by atoms with Crippen LogP contribution in [-0.4, -0.2) is 42.4 Å². The van der Waals surface area contributed by atoms with Crippen LogP contribution in [0.1, 0.15) is 33.6 Å². The van der Waals surface area contributed by atoms with Crippen LogP contribution < -0.4 is 11.1 Å². The number of primary amides is 1. The number of carbonyl (C=O) groups excluding carboxylic acids is 1. The van der Waals surface area contributed by atoms with E-state index in [1.54, 1.807) is 0 Å². The molecular formula is C11H24N2O3. The van der Waals surface area contributed by atoms with Crippen LogP contribution in [0.4, 0.5) is 0 Å². The number of hydrogen-bond donors (Lipinski definition) is 3. The maximum Gasteiger partial charge on any atom is 0.217 e. The molecule has 0 aromatic carbocycles. The topological polar surface area (TPSA) is 84.6 Å². The molecule has 0 aromatic rings. The standard InChI is InChI=1S/C11H24N2O3/c1-11(2,3)16-8-9(14)7-13-6-4-5-10(12)15/h9,13-14H,4-8H2,1-3H3,(H2,12,15). The first-order valence-corrected chi connectivity index (χ1v) is 5.62. The van der Waals surface area contributed by atoms with Gasteiger partial charge in [0.15, 0.2) is 0 Å². The fourth-order valence-corrected chi connectivity index (χ4v) is 1.06. The molecule has 4 N–H and O–H groups in total. The molecule has 0 spiro atoms. The molecular weight excluding hydrogens is 208 g/mol. The summed E-state index contributed by atoms with van der Waals surface area (Å²) in [5.74, 6) is -0.293. The average molecular weight is 232 g/mol. The maximum absolute atomic E-state index is 10.4. The molecule has 96 valence electrons. The van der Waals surface area contributed by atoms with Gasteiger partial charge in [0.2, 0.25) is 5.91 Å². The maximum atomic E-state index is 10.4. The molecule has 0 saturated carbocycles. The van der Waals surface area contributed by atoms with Crippen molar-refractivity contribution in [2.24, 2.45) is 5.73 Å². The summed E-state index contributed by atoms with van der Waals surface area (Å²) in [4.78, 5) is 10.4. The summed E-state index contributed by atoms with van der Waals surface area (Å²) in [7, 11) is 0. The lowest BCUT2D eigenvalue weighted by atomic mass is 10.2. The van der Waals surface area contributed by atoms with E-state index >= 15 is 0 Å². The molecule has 16 heavy (non-hydrogen) atoms. The average Bonchev–Trinajstić information content (AvgIpc) is 2.12. The highest BCUT2D eigenvalue weighted by molar-refractivity contribution is 5.73. The van der Waals surface area contributed by atoms with Crippen LogP contribution in [0.3, 0.4) is 0 Å². The van der Waals surface area contributed by atoms with Crippen LogP contribution in [0.25, 0.3) is 0 Å². The molecule has 0 bridgehead atoms. The minimum Gasteiger partial charge on any atom is -0.389 e. The smallest absolute Gasteiger partial charge is 0.217 e.